The summed E-state index contributed by atoms with van der Waals surface area (Å²) in [5.41, 5.74) is 0.506. The van der Waals surface area contributed by atoms with Gasteiger partial charge in [-0.05, 0) is 29.8 Å². The van der Waals surface area contributed by atoms with E-state index in [4.69, 9.17) is 16.7 Å². The predicted molar refractivity (Wildman–Crippen MR) is 78.9 cm³/mol. The molecule has 0 saturated carbocycles. The Hall–Kier alpha value is -2.53. The number of hydrogen-bond donors (Lipinski definition) is 3. The predicted octanol–water partition coefficient (Wildman–Crippen LogP) is 2.93. The summed E-state index contributed by atoms with van der Waals surface area (Å²) in [5.74, 6) is -2.11. The van der Waals surface area contributed by atoms with Crippen molar-refractivity contribution < 1.29 is 19.8 Å². The molecule has 2 aromatic carbocycles. The van der Waals surface area contributed by atoms with Gasteiger partial charge in [0.2, 0.25) is 5.91 Å². The molecule has 0 bridgehead atoms. The summed E-state index contributed by atoms with van der Waals surface area (Å²) in [5, 5.41) is 21.7. The van der Waals surface area contributed by atoms with Gasteiger partial charge >= 0.3 is 5.97 Å². The molecule has 0 radical (unpaired) electrons. The minimum Gasteiger partial charge on any atom is -0.505 e. The van der Waals surface area contributed by atoms with Crippen molar-refractivity contribution in [2.45, 2.75) is 6.42 Å². The number of benzene rings is 2. The smallest absolute Gasteiger partial charge is 0.339 e. The Kier molecular flexibility index (Phi) is 4.45. The molecule has 2 aromatic rings. The second-order valence-electron chi connectivity index (χ2n) is 4.36. The van der Waals surface area contributed by atoms with E-state index in [1.165, 1.54) is 18.2 Å². The number of carboxylic acid groups (broad SMARTS) is 1. The molecule has 0 unspecified atom stereocenters. The van der Waals surface area contributed by atoms with Crippen LogP contribution in [0.25, 0.3) is 0 Å². The van der Waals surface area contributed by atoms with Crippen molar-refractivity contribution in [1.29, 1.82) is 0 Å². The molecule has 0 atom stereocenters. The van der Waals surface area contributed by atoms with Gasteiger partial charge in [-0.15, -0.1) is 0 Å². The van der Waals surface area contributed by atoms with Crippen molar-refractivity contribution in [2.24, 2.45) is 0 Å². The van der Waals surface area contributed by atoms with Crippen LogP contribution in [-0.4, -0.2) is 22.1 Å². The normalized spacial score (nSPS) is 10.1. The molecule has 0 aliphatic heterocycles. The lowest BCUT2D eigenvalue weighted by Crippen LogP contribution is -2.15. The first-order valence-electron chi connectivity index (χ1n) is 6.07. The minimum absolute atomic E-state index is 0.0573. The molecule has 2 rings (SSSR count). The van der Waals surface area contributed by atoms with Gasteiger partial charge in [-0.3, -0.25) is 4.79 Å². The van der Waals surface area contributed by atoms with Crippen LogP contribution in [0.5, 0.6) is 5.75 Å². The molecule has 6 heteroatoms. The van der Waals surface area contributed by atoms with Gasteiger partial charge in [-0.2, -0.15) is 0 Å². The van der Waals surface area contributed by atoms with E-state index in [1.54, 1.807) is 24.3 Å². The van der Waals surface area contributed by atoms with E-state index in [0.717, 1.165) is 0 Å². The molecule has 0 aliphatic carbocycles. The number of carbonyl (C=O) groups excluding carboxylic acids is 1. The number of rotatable bonds is 4. The van der Waals surface area contributed by atoms with Gasteiger partial charge < -0.3 is 15.5 Å². The van der Waals surface area contributed by atoms with Gasteiger partial charge in [0.25, 0.3) is 0 Å². The van der Waals surface area contributed by atoms with Crippen molar-refractivity contribution in [3.8, 4) is 5.75 Å². The van der Waals surface area contributed by atoms with E-state index in [-0.39, 0.29) is 23.6 Å². The monoisotopic (exact) mass is 305 g/mol. The first-order chi connectivity index (χ1) is 9.97. The average molecular weight is 306 g/mol. The summed E-state index contributed by atoms with van der Waals surface area (Å²) in [7, 11) is 0. The Balaban J connectivity index is 2.13. The highest BCUT2D eigenvalue weighted by atomic mass is 35.5. The van der Waals surface area contributed by atoms with Crippen molar-refractivity contribution in [3.63, 3.8) is 0 Å². The average Bonchev–Trinajstić information content (AvgIpc) is 2.40. The molecule has 108 valence electrons. The lowest BCUT2D eigenvalue weighted by Gasteiger charge is -2.09. The Labute approximate surface area is 125 Å². The molecule has 0 fully saturated rings. The van der Waals surface area contributed by atoms with Crippen LogP contribution in [0.2, 0.25) is 5.02 Å². The standard InChI is InChI=1S/C15H12ClNO4/c16-10-4-1-3-9(7-10)8-13(18)17-12-6-2-5-11(14(12)19)15(20)21/h1-7,19H,8H2,(H,17,18)(H,20,21). The highest BCUT2D eigenvalue weighted by molar-refractivity contribution is 6.30. The van der Waals surface area contributed by atoms with Gasteiger partial charge in [0.1, 0.15) is 5.56 Å². The lowest BCUT2D eigenvalue weighted by molar-refractivity contribution is -0.115. The number of halogens is 1. The third-order valence-corrected chi connectivity index (χ3v) is 3.03. The summed E-state index contributed by atoms with van der Waals surface area (Å²) in [6.07, 6.45) is 0.0668. The number of nitrogens with one attached hydrogen (secondary N) is 1. The quantitative estimate of drug-likeness (QED) is 0.758. The van der Waals surface area contributed by atoms with Crippen molar-refractivity contribution >= 4 is 29.2 Å². The number of carbonyl (C=O) groups is 2. The molecule has 0 aliphatic rings. The van der Waals surface area contributed by atoms with Gasteiger partial charge in [0.15, 0.2) is 5.75 Å². The fourth-order valence-electron chi connectivity index (χ4n) is 1.84. The summed E-state index contributed by atoms with van der Waals surface area (Å²) >= 11 is 5.83. The molecule has 21 heavy (non-hydrogen) atoms. The number of anilines is 1. The van der Waals surface area contributed by atoms with E-state index in [1.807, 2.05) is 0 Å². The van der Waals surface area contributed by atoms with E-state index in [2.05, 4.69) is 5.32 Å². The van der Waals surface area contributed by atoms with E-state index in [9.17, 15) is 14.7 Å². The maximum absolute atomic E-state index is 11.9. The maximum Gasteiger partial charge on any atom is 0.339 e. The summed E-state index contributed by atoms with van der Waals surface area (Å²) in [6, 6.07) is 11.0. The summed E-state index contributed by atoms with van der Waals surface area (Å²) in [6.45, 7) is 0. The number of phenols is 1. The molecular weight excluding hydrogens is 294 g/mol. The topological polar surface area (TPSA) is 86.6 Å². The number of amides is 1. The third-order valence-electron chi connectivity index (χ3n) is 2.79. The zero-order valence-electron chi connectivity index (χ0n) is 10.8. The highest BCUT2D eigenvalue weighted by Crippen LogP contribution is 2.27. The molecule has 5 nitrogen and oxygen atoms in total. The van der Waals surface area contributed by atoms with E-state index in [0.29, 0.717) is 10.6 Å². The number of para-hydroxylation sites is 1. The van der Waals surface area contributed by atoms with Crippen molar-refractivity contribution in [3.05, 3.63) is 58.6 Å². The fraction of sp³-hybridized carbons (Fsp3) is 0.0667. The van der Waals surface area contributed by atoms with Crippen LogP contribution in [0.1, 0.15) is 15.9 Å². The Morgan fingerprint density at radius 2 is 1.86 bits per heavy atom. The number of aromatic carboxylic acids is 1. The van der Waals surface area contributed by atoms with Crippen LogP contribution in [0.3, 0.4) is 0 Å². The zero-order valence-corrected chi connectivity index (χ0v) is 11.6. The molecule has 0 saturated heterocycles. The first-order valence-corrected chi connectivity index (χ1v) is 6.44. The van der Waals surface area contributed by atoms with Crippen LogP contribution in [0, 0.1) is 0 Å². The van der Waals surface area contributed by atoms with Gasteiger partial charge in [-0.1, -0.05) is 29.8 Å². The van der Waals surface area contributed by atoms with Gasteiger partial charge in [-0.25, -0.2) is 4.79 Å². The highest BCUT2D eigenvalue weighted by Gasteiger charge is 2.14. The first kappa shape index (κ1) is 14.9. The summed E-state index contributed by atoms with van der Waals surface area (Å²) < 4.78 is 0. The molecular formula is C15H12ClNO4. The van der Waals surface area contributed by atoms with Crippen LogP contribution in [0.15, 0.2) is 42.5 Å². The molecule has 0 heterocycles. The van der Waals surface area contributed by atoms with Crippen LogP contribution < -0.4 is 5.32 Å². The van der Waals surface area contributed by atoms with Crippen LogP contribution >= 0.6 is 11.6 Å². The summed E-state index contributed by atoms with van der Waals surface area (Å²) in [4.78, 5) is 22.8. The number of aromatic hydroxyl groups is 1. The molecule has 3 N–H and O–H groups in total. The van der Waals surface area contributed by atoms with Gasteiger partial charge in [0, 0.05) is 5.02 Å². The van der Waals surface area contributed by atoms with Gasteiger partial charge in [0.05, 0.1) is 12.1 Å². The second kappa shape index (κ2) is 6.28. The van der Waals surface area contributed by atoms with Crippen LogP contribution in [0.4, 0.5) is 5.69 Å². The fourth-order valence-corrected chi connectivity index (χ4v) is 2.06. The Morgan fingerprint density at radius 1 is 1.14 bits per heavy atom. The zero-order chi connectivity index (χ0) is 15.4. The Morgan fingerprint density at radius 3 is 2.52 bits per heavy atom. The maximum atomic E-state index is 11.9. The largest absolute Gasteiger partial charge is 0.505 e. The second-order valence-corrected chi connectivity index (χ2v) is 4.80. The molecule has 0 spiro atoms. The number of hydrogen-bond acceptors (Lipinski definition) is 3. The van der Waals surface area contributed by atoms with E-state index >= 15 is 0 Å². The minimum atomic E-state index is -1.27. The third kappa shape index (κ3) is 3.73. The number of carboxylic acids is 1. The lowest BCUT2D eigenvalue weighted by atomic mass is 10.1. The van der Waals surface area contributed by atoms with E-state index < -0.39 is 11.7 Å². The SMILES string of the molecule is O=C(Cc1cccc(Cl)c1)Nc1cccc(C(=O)O)c1O. The Bertz CT molecular complexity index is 700. The van der Waals surface area contributed by atoms with Crippen molar-refractivity contribution in [2.75, 3.05) is 5.32 Å². The molecule has 0 aromatic heterocycles. The molecule has 1 amide bonds. The van der Waals surface area contributed by atoms with Crippen LogP contribution in [-0.2, 0) is 11.2 Å². The van der Waals surface area contributed by atoms with Crippen molar-refractivity contribution in [1.82, 2.24) is 0 Å².